The van der Waals surface area contributed by atoms with Crippen LogP contribution in [0, 0.1) is 0 Å². The van der Waals surface area contributed by atoms with Gasteiger partial charge in [-0.25, -0.2) is 0 Å². The summed E-state index contributed by atoms with van der Waals surface area (Å²) < 4.78 is 7.90. The Morgan fingerprint density at radius 3 is 2.70 bits per heavy atom. The van der Waals surface area contributed by atoms with Crippen molar-refractivity contribution in [3.8, 4) is 5.75 Å². The number of para-hydroxylation sites is 1. The van der Waals surface area contributed by atoms with Crippen molar-refractivity contribution >= 4 is 0 Å². The van der Waals surface area contributed by atoms with Gasteiger partial charge in [-0.2, -0.15) is 5.10 Å². The van der Waals surface area contributed by atoms with Crippen LogP contribution in [0.2, 0.25) is 0 Å². The highest BCUT2D eigenvalue weighted by Crippen LogP contribution is 2.31. The van der Waals surface area contributed by atoms with Crippen molar-refractivity contribution in [1.82, 2.24) is 9.78 Å². The van der Waals surface area contributed by atoms with Crippen LogP contribution in [0.25, 0.3) is 0 Å². The predicted molar refractivity (Wildman–Crippen MR) is 80.8 cm³/mol. The number of nitrogens with zero attached hydrogens (tertiary/aromatic N) is 2. The first-order chi connectivity index (χ1) is 9.65. The lowest BCUT2D eigenvalue weighted by Gasteiger charge is -2.20. The van der Waals surface area contributed by atoms with Gasteiger partial charge in [0.15, 0.2) is 0 Å². The first kappa shape index (κ1) is 14.6. The van der Waals surface area contributed by atoms with Crippen LogP contribution in [0.1, 0.15) is 43.4 Å². The van der Waals surface area contributed by atoms with E-state index in [2.05, 4.69) is 31.1 Å². The van der Waals surface area contributed by atoms with Gasteiger partial charge in [0.25, 0.3) is 0 Å². The van der Waals surface area contributed by atoms with Gasteiger partial charge >= 0.3 is 0 Å². The lowest BCUT2D eigenvalue weighted by Crippen LogP contribution is -2.18. The molecule has 0 aliphatic heterocycles. The smallest absolute Gasteiger partial charge is 0.139 e. The number of aryl methyl sites for hydroxylation is 1. The zero-order chi connectivity index (χ0) is 14.5. The molecular weight excluding hydrogens is 250 g/mol. The van der Waals surface area contributed by atoms with Gasteiger partial charge in [-0.1, -0.05) is 32.0 Å². The Morgan fingerprint density at radius 2 is 2.10 bits per heavy atom. The van der Waals surface area contributed by atoms with Gasteiger partial charge in [0.05, 0.1) is 6.20 Å². The fourth-order valence-electron chi connectivity index (χ4n) is 2.23. The van der Waals surface area contributed by atoms with Crippen molar-refractivity contribution in [2.75, 3.05) is 6.54 Å². The molecule has 2 unspecified atom stereocenters. The largest absolute Gasteiger partial charge is 0.484 e. The van der Waals surface area contributed by atoms with Crippen LogP contribution in [-0.4, -0.2) is 16.3 Å². The van der Waals surface area contributed by atoms with E-state index in [0.29, 0.717) is 12.5 Å². The van der Waals surface area contributed by atoms with E-state index in [9.17, 15) is 0 Å². The van der Waals surface area contributed by atoms with Gasteiger partial charge in [-0.15, -0.1) is 0 Å². The Labute approximate surface area is 120 Å². The summed E-state index contributed by atoms with van der Waals surface area (Å²) in [5.41, 5.74) is 8.10. The van der Waals surface area contributed by atoms with E-state index in [1.807, 2.05) is 31.6 Å². The van der Waals surface area contributed by atoms with Gasteiger partial charge in [-0.3, -0.25) is 4.68 Å². The second-order valence-corrected chi connectivity index (χ2v) is 5.14. The van der Waals surface area contributed by atoms with E-state index in [4.69, 9.17) is 10.5 Å². The van der Waals surface area contributed by atoms with E-state index < -0.39 is 0 Å². The first-order valence-corrected chi connectivity index (χ1v) is 7.09. The zero-order valence-electron chi connectivity index (χ0n) is 12.4. The normalized spacial score (nSPS) is 14.0. The third-order valence-corrected chi connectivity index (χ3v) is 3.64. The fourth-order valence-corrected chi connectivity index (χ4v) is 2.23. The third-order valence-electron chi connectivity index (χ3n) is 3.64. The maximum absolute atomic E-state index is 6.14. The molecule has 1 aromatic heterocycles. The number of rotatable bonds is 6. The summed E-state index contributed by atoms with van der Waals surface area (Å²) in [5.74, 6) is 1.39. The average molecular weight is 273 g/mol. The molecule has 0 saturated heterocycles. The van der Waals surface area contributed by atoms with Gasteiger partial charge in [0.2, 0.25) is 0 Å². The predicted octanol–water partition coefficient (Wildman–Crippen LogP) is 3.01. The van der Waals surface area contributed by atoms with Crippen LogP contribution in [0.3, 0.4) is 0 Å². The van der Waals surface area contributed by atoms with Crippen LogP contribution < -0.4 is 10.5 Å². The van der Waals surface area contributed by atoms with Crippen LogP contribution >= 0.6 is 0 Å². The van der Waals surface area contributed by atoms with Crippen LogP contribution in [0.4, 0.5) is 0 Å². The zero-order valence-corrected chi connectivity index (χ0v) is 12.4. The number of hydrogen-bond donors (Lipinski definition) is 1. The second kappa shape index (κ2) is 6.57. The second-order valence-electron chi connectivity index (χ2n) is 5.14. The van der Waals surface area contributed by atoms with Gasteiger partial charge < -0.3 is 10.5 Å². The molecule has 2 rings (SSSR count). The quantitative estimate of drug-likeness (QED) is 0.880. The Kier molecular flexibility index (Phi) is 4.79. The number of benzene rings is 1. The van der Waals surface area contributed by atoms with E-state index in [1.54, 1.807) is 4.68 Å². The Balaban J connectivity index is 2.24. The summed E-state index contributed by atoms with van der Waals surface area (Å²) in [6.07, 6.45) is 4.68. The molecule has 1 aromatic carbocycles. The molecule has 0 spiro atoms. The molecule has 1 heterocycles. The topological polar surface area (TPSA) is 53.1 Å². The number of hydrogen-bond acceptors (Lipinski definition) is 3. The monoisotopic (exact) mass is 273 g/mol. The molecule has 0 amide bonds. The Hall–Kier alpha value is -1.81. The molecule has 2 atom stereocenters. The van der Waals surface area contributed by atoms with Crippen LogP contribution in [0.15, 0.2) is 36.7 Å². The molecule has 0 radical (unpaired) electrons. The molecule has 0 aliphatic rings. The van der Waals surface area contributed by atoms with Crippen molar-refractivity contribution in [3.05, 3.63) is 47.8 Å². The average Bonchev–Trinajstić information content (AvgIpc) is 2.90. The number of aromatic nitrogens is 2. The van der Waals surface area contributed by atoms with E-state index in [1.165, 1.54) is 5.56 Å². The van der Waals surface area contributed by atoms with Gasteiger partial charge in [0.1, 0.15) is 11.9 Å². The summed E-state index contributed by atoms with van der Waals surface area (Å²) >= 11 is 0. The van der Waals surface area contributed by atoms with Crippen molar-refractivity contribution in [2.24, 2.45) is 12.8 Å². The summed E-state index contributed by atoms with van der Waals surface area (Å²) in [5, 5.41) is 4.18. The first-order valence-electron chi connectivity index (χ1n) is 7.09. The molecule has 20 heavy (non-hydrogen) atoms. The fraction of sp³-hybridized carbons (Fsp3) is 0.438. The van der Waals surface area contributed by atoms with E-state index in [-0.39, 0.29) is 6.10 Å². The maximum atomic E-state index is 6.14. The molecule has 108 valence electrons. The standard InChI is InChI=1S/C16H23N3O/c1-4-12(2)14-7-5-6-8-15(14)20-16(9-17)13-10-18-19(3)11-13/h5-8,10-12,16H,4,9,17H2,1-3H3. The Bertz CT molecular complexity index is 550. The van der Waals surface area contributed by atoms with Crippen molar-refractivity contribution in [1.29, 1.82) is 0 Å². The minimum Gasteiger partial charge on any atom is -0.484 e. The Morgan fingerprint density at radius 1 is 1.35 bits per heavy atom. The minimum atomic E-state index is -0.158. The number of nitrogens with two attached hydrogens (primary N) is 1. The molecule has 0 bridgehead atoms. The maximum Gasteiger partial charge on any atom is 0.139 e. The lowest BCUT2D eigenvalue weighted by atomic mass is 9.97. The molecule has 0 aliphatic carbocycles. The highest BCUT2D eigenvalue weighted by Gasteiger charge is 2.17. The lowest BCUT2D eigenvalue weighted by molar-refractivity contribution is 0.211. The van der Waals surface area contributed by atoms with Gasteiger partial charge in [-0.05, 0) is 24.0 Å². The molecule has 2 N–H and O–H groups in total. The SMILES string of the molecule is CCC(C)c1ccccc1OC(CN)c1cnn(C)c1. The summed E-state index contributed by atoms with van der Waals surface area (Å²) in [6, 6.07) is 8.19. The summed E-state index contributed by atoms with van der Waals surface area (Å²) in [4.78, 5) is 0. The highest BCUT2D eigenvalue weighted by molar-refractivity contribution is 5.36. The van der Waals surface area contributed by atoms with Crippen molar-refractivity contribution in [2.45, 2.75) is 32.3 Å². The molecule has 0 fully saturated rings. The third kappa shape index (κ3) is 3.20. The van der Waals surface area contributed by atoms with Crippen molar-refractivity contribution in [3.63, 3.8) is 0 Å². The molecular formula is C16H23N3O. The summed E-state index contributed by atoms with van der Waals surface area (Å²) in [7, 11) is 1.89. The van der Waals surface area contributed by atoms with Crippen molar-refractivity contribution < 1.29 is 4.74 Å². The minimum absolute atomic E-state index is 0.158. The highest BCUT2D eigenvalue weighted by atomic mass is 16.5. The molecule has 4 nitrogen and oxygen atoms in total. The van der Waals surface area contributed by atoms with Crippen LogP contribution in [-0.2, 0) is 7.05 Å². The molecule has 0 saturated carbocycles. The molecule has 2 aromatic rings. The summed E-state index contributed by atoms with van der Waals surface area (Å²) in [6.45, 7) is 4.83. The van der Waals surface area contributed by atoms with Gasteiger partial charge in [0, 0.05) is 25.4 Å². The number of ether oxygens (including phenoxy) is 1. The molecule has 4 heteroatoms. The van der Waals surface area contributed by atoms with Crippen LogP contribution in [0.5, 0.6) is 5.75 Å². The van der Waals surface area contributed by atoms with E-state index in [0.717, 1.165) is 17.7 Å². The van der Waals surface area contributed by atoms with E-state index >= 15 is 0 Å².